The molecule has 0 radical (unpaired) electrons. The molecule has 3 aliphatic heterocycles. The second-order valence-corrected chi connectivity index (χ2v) is 12.1. The van der Waals surface area contributed by atoms with Gasteiger partial charge in [-0.05, 0) is 114 Å². The summed E-state index contributed by atoms with van der Waals surface area (Å²) in [5.41, 5.74) is 3.13. The molecular formula is C30H43N3O3. The van der Waals surface area contributed by atoms with Crippen LogP contribution < -0.4 is 5.32 Å². The molecule has 2 aliphatic carbocycles. The quantitative estimate of drug-likeness (QED) is 0.617. The zero-order valence-corrected chi connectivity index (χ0v) is 21.9. The van der Waals surface area contributed by atoms with Gasteiger partial charge in [0.05, 0.1) is 12.6 Å². The monoisotopic (exact) mass is 493 g/mol. The first-order valence-electron chi connectivity index (χ1n) is 14.7. The molecule has 6 heteroatoms. The molecule has 6 nitrogen and oxygen atoms in total. The highest BCUT2D eigenvalue weighted by Gasteiger charge is 2.45. The number of carbonyl (C=O) groups is 2. The molecule has 0 aromatic heterocycles. The van der Waals surface area contributed by atoms with Gasteiger partial charge in [0.1, 0.15) is 0 Å². The Hall–Kier alpha value is -2.08. The van der Waals surface area contributed by atoms with Crippen LogP contribution in [0.2, 0.25) is 0 Å². The predicted octanol–water partition coefficient (Wildman–Crippen LogP) is 5.31. The molecule has 4 fully saturated rings. The van der Waals surface area contributed by atoms with E-state index >= 15 is 0 Å². The summed E-state index contributed by atoms with van der Waals surface area (Å²) in [7, 11) is 0. The highest BCUT2D eigenvalue weighted by molar-refractivity contribution is 5.81. The molecule has 1 N–H and O–H groups in total. The van der Waals surface area contributed by atoms with Crippen molar-refractivity contribution in [2.24, 2.45) is 5.92 Å². The van der Waals surface area contributed by atoms with Crippen molar-refractivity contribution in [3.8, 4) is 0 Å². The Morgan fingerprint density at radius 1 is 0.889 bits per heavy atom. The number of benzene rings is 1. The summed E-state index contributed by atoms with van der Waals surface area (Å²) in [5, 5.41) is 3.38. The second kappa shape index (κ2) is 10.00. The van der Waals surface area contributed by atoms with Crippen molar-refractivity contribution in [2.45, 2.75) is 114 Å². The number of ether oxygens (including phenoxy) is 1. The standard InChI is InChI=1S/C30H43N3O3/c1-2-36-29(35)33-23-11-9-22(10-12-24(33)14-13-23)32-19-17-30(18-20-32)16-15-27(31-28(34)21-7-8-21)25-5-3-4-6-26(25)30/h3-6,21-24,27H,2,7-20H2,1H3,(H,31,34)/t22?,23?,24?,27-/m0/s1. The number of nitrogens with zero attached hydrogens (tertiary/aromatic N) is 2. The van der Waals surface area contributed by atoms with Crippen LogP contribution in [0.5, 0.6) is 0 Å². The topological polar surface area (TPSA) is 61.9 Å². The molecule has 1 aromatic rings. The van der Waals surface area contributed by atoms with E-state index in [1.807, 2.05) is 6.92 Å². The maximum atomic E-state index is 12.6. The number of piperidine rings is 1. The summed E-state index contributed by atoms with van der Waals surface area (Å²) in [6, 6.07) is 10.5. The van der Waals surface area contributed by atoms with Crippen LogP contribution in [0.25, 0.3) is 0 Å². The Kier molecular flexibility index (Phi) is 6.74. The lowest BCUT2D eigenvalue weighted by molar-refractivity contribution is -0.123. The Balaban J connectivity index is 1.10. The van der Waals surface area contributed by atoms with Crippen molar-refractivity contribution in [1.82, 2.24) is 15.1 Å². The molecule has 2 unspecified atom stereocenters. The van der Waals surface area contributed by atoms with E-state index in [0.29, 0.717) is 24.7 Å². The zero-order chi connectivity index (χ0) is 24.7. The van der Waals surface area contributed by atoms with Gasteiger partial charge in [-0.2, -0.15) is 0 Å². The van der Waals surface area contributed by atoms with Gasteiger partial charge in [0, 0.05) is 24.0 Å². The van der Waals surface area contributed by atoms with Gasteiger partial charge in [0.25, 0.3) is 0 Å². The first-order chi connectivity index (χ1) is 17.6. The fourth-order valence-corrected chi connectivity index (χ4v) is 7.92. The normalized spacial score (nSPS) is 31.9. The Labute approximate surface area is 216 Å². The summed E-state index contributed by atoms with van der Waals surface area (Å²) >= 11 is 0. The molecular weight excluding hydrogens is 450 g/mol. The molecule has 36 heavy (non-hydrogen) atoms. The summed E-state index contributed by atoms with van der Waals surface area (Å²) in [4.78, 5) is 29.9. The minimum Gasteiger partial charge on any atom is -0.450 e. The van der Waals surface area contributed by atoms with E-state index in [4.69, 9.17) is 4.74 Å². The largest absolute Gasteiger partial charge is 0.450 e. The Bertz CT molecular complexity index is 952. The molecule has 1 saturated carbocycles. The van der Waals surface area contributed by atoms with E-state index < -0.39 is 0 Å². The van der Waals surface area contributed by atoms with Crippen molar-refractivity contribution in [3.63, 3.8) is 0 Å². The summed E-state index contributed by atoms with van der Waals surface area (Å²) < 4.78 is 5.39. The van der Waals surface area contributed by atoms with Gasteiger partial charge in [-0.3, -0.25) is 4.79 Å². The van der Waals surface area contributed by atoms with E-state index in [9.17, 15) is 9.59 Å². The SMILES string of the molecule is CCOC(=O)N1C2CCC(N3CCC4(CC[C@H](NC(=O)C5CC5)c5ccccc54)CC3)CCC1CC2. The molecule has 3 saturated heterocycles. The molecule has 5 aliphatic rings. The third-order valence-corrected chi connectivity index (χ3v) is 10.1. The van der Waals surface area contributed by atoms with Gasteiger partial charge in [0.15, 0.2) is 0 Å². The minimum atomic E-state index is -0.0917. The third kappa shape index (κ3) is 4.55. The van der Waals surface area contributed by atoms with Crippen LogP contribution in [-0.4, -0.2) is 59.6 Å². The van der Waals surface area contributed by atoms with Crippen molar-refractivity contribution in [3.05, 3.63) is 35.4 Å². The molecule has 2 bridgehead atoms. The number of carbonyl (C=O) groups excluding carboxylic acids is 2. The maximum absolute atomic E-state index is 12.6. The average Bonchev–Trinajstić information content (AvgIpc) is 3.65. The first kappa shape index (κ1) is 24.3. The highest BCUT2D eigenvalue weighted by atomic mass is 16.6. The molecule has 1 spiro atoms. The summed E-state index contributed by atoms with van der Waals surface area (Å²) in [6.07, 6.45) is 13.5. The lowest BCUT2D eigenvalue weighted by Gasteiger charge is -2.49. The number of fused-ring (bicyclic) bond motifs is 4. The number of amides is 2. The van der Waals surface area contributed by atoms with Gasteiger partial charge >= 0.3 is 6.09 Å². The number of likely N-dealkylation sites (tertiary alicyclic amines) is 1. The number of nitrogens with one attached hydrogen (secondary N) is 1. The predicted molar refractivity (Wildman–Crippen MR) is 140 cm³/mol. The van der Waals surface area contributed by atoms with Crippen molar-refractivity contribution in [1.29, 1.82) is 0 Å². The number of hydrogen-bond acceptors (Lipinski definition) is 4. The van der Waals surface area contributed by atoms with Crippen LogP contribution in [0.15, 0.2) is 24.3 Å². The number of rotatable bonds is 4. The maximum Gasteiger partial charge on any atom is 0.410 e. The van der Waals surface area contributed by atoms with E-state index in [1.54, 1.807) is 0 Å². The van der Waals surface area contributed by atoms with Crippen LogP contribution in [0, 0.1) is 5.92 Å². The molecule has 2 amide bonds. The highest BCUT2D eigenvalue weighted by Crippen LogP contribution is 2.49. The molecule has 1 aromatic carbocycles. The van der Waals surface area contributed by atoms with Crippen LogP contribution in [-0.2, 0) is 14.9 Å². The van der Waals surface area contributed by atoms with Gasteiger partial charge < -0.3 is 19.9 Å². The fourth-order valence-electron chi connectivity index (χ4n) is 7.92. The van der Waals surface area contributed by atoms with Crippen molar-refractivity contribution in [2.75, 3.05) is 19.7 Å². The van der Waals surface area contributed by atoms with Crippen LogP contribution >= 0.6 is 0 Å². The molecule has 196 valence electrons. The first-order valence-corrected chi connectivity index (χ1v) is 14.7. The van der Waals surface area contributed by atoms with Crippen molar-refractivity contribution >= 4 is 12.0 Å². The second-order valence-electron chi connectivity index (χ2n) is 12.1. The lowest BCUT2D eigenvalue weighted by Crippen LogP contribution is -2.51. The van der Waals surface area contributed by atoms with Gasteiger partial charge in [0.2, 0.25) is 5.91 Å². The van der Waals surface area contributed by atoms with Crippen LogP contribution in [0.3, 0.4) is 0 Å². The third-order valence-electron chi connectivity index (χ3n) is 10.1. The van der Waals surface area contributed by atoms with Crippen LogP contribution in [0.1, 0.15) is 101 Å². The van der Waals surface area contributed by atoms with E-state index in [2.05, 4.69) is 39.4 Å². The Morgan fingerprint density at radius 3 is 2.17 bits per heavy atom. The van der Waals surface area contributed by atoms with Gasteiger partial charge in [-0.1, -0.05) is 24.3 Å². The minimum absolute atomic E-state index is 0.0917. The molecule has 6 rings (SSSR count). The van der Waals surface area contributed by atoms with E-state index in [0.717, 1.165) is 58.0 Å². The smallest absolute Gasteiger partial charge is 0.410 e. The summed E-state index contributed by atoms with van der Waals surface area (Å²) in [5.74, 6) is 0.528. The molecule has 3 atom stereocenters. The van der Waals surface area contributed by atoms with Gasteiger partial charge in [-0.15, -0.1) is 0 Å². The van der Waals surface area contributed by atoms with E-state index in [1.165, 1.54) is 43.2 Å². The number of hydrogen-bond donors (Lipinski definition) is 1. The van der Waals surface area contributed by atoms with E-state index in [-0.39, 0.29) is 29.4 Å². The Morgan fingerprint density at radius 2 is 1.53 bits per heavy atom. The summed E-state index contributed by atoms with van der Waals surface area (Å²) in [6.45, 7) is 4.69. The lowest BCUT2D eigenvalue weighted by atomic mass is 9.63. The zero-order valence-electron chi connectivity index (χ0n) is 21.9. The molecule has 3 heterocycles. The van der Waals surface area contributed by atoms with Gasteiger partial charge in [-0.25, -0.2) is 4.79 Å². The van der Waals surface area contributed by atoms with Crippen LogP contribution in [0.4, 0.5) is 4.79 Å². The average molecular weight is 494 g/mol. The van der Waals surface area contributed by atoms with Crippen molar-refractivity contribution < 1.29 is 14.3 Å². The fraction of sp³-hybridized carbons (Fsp3) is 0.733.